The van der Waals surface area contributed by atoms with Crippen LogP contribution in [0.15, 0.2) is 78.3 Å². The lowest BCUT2D eigenvalue weighted by Crippen LogP contribution is -2.33. The Morgan fingerprint density at radius 3 is 2.85 bits per heavy atom. The van der Waals surface area contributed by atoms with Gasteiger partial charge in [-0.2, -0.15) is 5.26 Å². The van der Waals surface area contributed by atoms with Crippen LogP contribution in [-0.4, -0.2) is 42.5 Å². The van der Waals surface area contributed by atoms with Gasteiger partial charge in [-0.25, -0.2) is 9.37 Å². The fourth-order valence-corrected chi connectivity index (χ4v) is 3.73. The smallest absolute Gasteiger partial charge is 0.274 e. The molecular formula is C26H24FN5O. The molecule has 166 valence electrons. The van der Waals surface area contributed by atoms with Crippen molar-refractivity contribution in [1.82, 2.24) is 15.2 Å². The molecule has 3 aromatic rings. The van der Waals surface area contributed by atoms with Crippen molar-refractivity contribution in [1.29, 1.82) is 5.26 Å². The molecule has 1 amide bonds. The van der Waals surface area contributed by atoms with Crippen molar-refractivity contribution in [3.05, 3.63) is 84.0 Å². The van der Waals surface area contributed by atoms with Crippen molar-refractivity contribution >= 4 is 22.4 Å². The Hall–Kier alpha value is -4.02. The number of aromatic nitrogens is 1. The molecule has 33 heavy (non-hydrogen) atoms. The summed E-state index contributed by atoms with van der Waals surface area (Å²) in [6.07, 6.45) is 0.451. The number of amides is 1. The summed E-state index contributed by atoms with van der Waals surface area (Å²) in [6, 6.07) is 19.1. The summed E-state index contributed by atoms with van der Waals surface area (Å²) in [5, 5.41) is 16.9. The maximum absolute atomic E-state index is 14.2. The normalized spacial score (nSPS) is 14.1. The highest BCUT2D eigenvalue weighted by Gasteiger charge is 2.19. The average Bonchev–Trinajstić information content (AvgIpc) is 2.83. The quantitative estimate of drug-likeness (QED) is 0.545. The highest BCUT2D eigenvalue weighted by atomic mass is 19.1. The summed E-state index contributed by atoms with van der Waals surface area (Å²) in [6.45, 7) is 4.95. The largest absolute Gasteiger partial charge is 0.380 e. The molecule has 0 fully saturated rings. The fraction of sp³-hybridized carbons (Fsp3) is 0.192. The zero-order valence-electron chi connectivity index (χ0n) is 18.4. The summed E-state index contributed by atoms with van der Waals surface area (Å²) in [4.78, 5) is 19.1. The van der Waals surface area contributed by atoms with Crippen LogP contribution in [0.1, 0.15) is 16.9 Å². The molecule has 0 saturated heterocycles. The number of halogens is 1. The molecule has 2 N–H and O–H groups in total. The number of nitrogens with one attached hydrogen (secondary N) is 2. The van der Waals surface area contributed by atoms with Crippen LogP contribution in [0.2, 0.25) is 0 Å². The number of carbonyl (C=O) groups excluding carboxylic acids is 1. The van der Waals surface area contributed by atoms with E-state index in [1.54, 1.807) is 12.1 Å². The number of anilines is 1. The van der Waals surface area contributed by atoms with Gasteiger partial charge in [0.15, 0.2) is 0 Å². The van der Waals surface area contributed by atoms with E-state index >= 15 is 0 Å². The lowest BCUT2D eigenvalue weighted by Gasteiger charge is -2.23. The first-order valence-corrected chi connectivity index (χ1v) is 10.6. The molecule has 1 aliphatic heterocycles. The van der Waals surface area contributed by atoms with Crippen molar-refractivity contribution in [2.45, 2.75) is 6.42 Å². The molecule has 0 unspecified atom stereocenters. The number of fused-ring (bicyclic) bond motifs is 1. The molecule has 2 heterocycles. The van der Waals surface area contributed by atoms with Gasteiger partial charge in [0.2, 0.25) is 0 Å². The molecule has 0 bridgehead atoms. The van der Waals surface area contributed by atoms with E-state index in [0.29, 0.717) is 36.5 Å². The van der Waals surface area contributed by atoms with E-state index < -0.39 is 5.91 Å². The van der Waals surface area contributed by atoms with Gasteiger partial charge in [0.05, 0.1) is 24.0 Å². The summed E-state index contributed by atoms with van der Waals surface area (Å²) < 4.78 is 14.2. The highest BCUT2D eigenvalue weighted by molar-refractivity contribution is 5.97. The van der Waals surface area contributed by atoms with E-state index in [4.69, 9.17) is 5.26 Å². The van der Waals surface area contributed by atoms with Gasteiger partial charge >= 0.3 is 0 Å². The van der Waals surface area contributed by atoms with E-state index in [1.807, 2.05) is 60.5 Å². The third-order valence-electron chi connectivity index (χ3n) is 5.55. The van der Waals surface area contributed by atoms with Crippen LogP contribution < -0.4 is 10.6 Å². The number of likely N-dealkylation sites (N-methyl/N-ethyl adjacent to an activating group) is 1. The zero-order chi connectivity index (χ0) is 23.4. The second kappa shape index (κ2) is 9.63. The number of hydrogen-bond donors (Lipinski definition) is 2. The minimum atomic E-state index is -0.426. The second-order valence-corrected chi connectivity index (χ2v) is 8.04. The molecule has 0 atom stereocenters. The molecule has 7 heteroatoms. The number of nitriles is 1. The number of nitrogens with zero attached hydrogens (tertiary/aromatic N) is 3. The topological polar surface area (TPSA) is 81.0 Å². The maximum Gasteiger partial charge on any atom is 0.274 e. The van der Waals surface area contributed by atoms with Gasteiger partial charge in [0, 0.05) is 41.7 Å². The van der Waals surface area contributed by atoms with E-state index in [0.717, 1.165) is 22.0 Å². The molecule has 0 radical (unpaired) electrons. The fourth-order valence-electron chi connectivity index (χ4n) is 3.73. The third kappa shape index (κ3) is 5.08. The monoisotopic (exact) mass is 441 g/mol. The van der Waals surface area contributed by atoms with E-state index in [1.165, 1.54) is 0 Å². The van der Waals surface area contributed by atoms with Crippen LogP contribution in [0.25, 0.3) is 22.0 Å². The van der Waals surface area contributed by atoms with Crippen LogP contribution in [-0.2, 0) is 0 Å². The first-order chi connectivity index (χ1) is 15.9. The molecule has 1 aromatic heterocycles. The SMILES string of the molecule is C=C(C#N)CNc1cccc2ccc(-c3cccc(C(=O)NC4=C(F)CN(C)CC4)n3)cc12. The third-order valence-corrected chi connectivity index (χ3v) is 5.55. The number of carbonyl (C=O) groups is 1. The predicted octanol–water partition coefficient (Wildman–Crippen LogP) is 4.64. The van der Waals surface area contributed by atoms with Crippen molar-refractivity contribution in [2.75, 3.05) is 32.0 Å². The summed E-state index contributed by atoms with van der Waals surface area (Å²) in [5.41, 5.74) is 3.35. The van der Waals surface area contributed by atoms with E-state index in [9.17, 15) is 9.18 Å². The average molecular weight is 442 g/mol. The first-order valence-electron chi connectivity index (χ1n) is 10.6. The number of hydrogen-bond acceptors (Lipinski definition) is 5. The zero-order valence-corrected chi connectivity index (χ0v) is 18.4. The van der Waals surface area contributed by atoms with Crippen LogP contribution in [0.3, 0.4) is 0 Å². The minimum Gasteiger partial charge on any atom is -0.380 e. The Balaban J connectivity index is 1.61. The van der Waals surface area contributed by atoms with Crippen molar-refractivity contribution < 1.29 is 9.18 Å². The molecule has 0 aliphatic carbocycles. The lowest BCUT2D eigenvalue weighted by atomic mass is 10.0. The maximum atomic E-state index is 14.2. The number of pyridine rings is 1. The van der Waals surface area contributed by atoms with Gasteiger partial charge in [-0.15, -0.1) is 0 Å². The molecule has 4 rings (SSSR count). The summed E-state index contributed by atoms with van der Waals surface area (Å²) >= 11 is 0. The van der Waals surface area contributed by atoms with E-state index in [-0.39, 0.29) is 18.1 Å². The van der Waals surface area contributed by atoms with Crippen LogP contribution in [0.5, 0.6) is 0 Å². The molecule has 6 nitrogen and oxygen atoms in total. The van der Waals surface area contributed by atoms with Gasteiger partial charge in [-0.3, -0.25) is 9.69 Å². The van der Waals surface area contributed by atoms with Crippen LogP contribution in [0, 0.1) is 11.3 Å². The Labute approximate surface area is 192 Å². The van der Waals surface area contributed by atoms with Gasteiger partial charge in [0.1, 0.15) is 11.5 Å². The number of benzene rings is 2. The first kappa shape index (κ1) is 22.2. The Bertz CT molecular complexity index is 1310. The summed E-state index contributed by atoms with van der Waals surface area (Å²) in [7, 11) is 1.84. The Morgan fingerprint density at radius 2 is 2.06 bits per heavy atom. The van der Waals surface area contributed by atoms with Crippen LogP contribution >= 0.6 is 0 Å². The van der Waals surface area contributed by atoms with Gasteiger partial charge in [-0.1, -0.05) is 36.9 Å². The van der Waals surface area contributed by atoms with Crippen LogP contribution in [0.4, 0.5) is 10.1 Å². The Kier molecular flexibility index (Phi) is 6.48. The molecular weight excluding hydrogens is 417 g/mol. The lowest BCUT2D eigenvalue weighted by molar-refractivity contribution is 0.0955. The molecule has 0 saturated carbocycles. The molecule has 0 spiro atoms. The van der Waals surface area contributed by atoms with E-state index in [2.05, 4.69) is 22.2 Å². The number of rotatable bonds is 6. The Morgan fingerprint density at radius 1 is 1.24 bits per heavy atom. The van der Waals surface area contributed by atoms with Gasteiger partial charge in [-0.05, 0) is 36.7 Å². The van der Waals surface area contributed by atoms with Crippen molar-refractivity contribution in [3.8, 4) is 17.3 Å². The van der Waals surface area contributed by atoms with Gasteiger partial charge < -0.3 is 10.6 Å². The summed E-state index contributed by atoms with van der Waals surface area (Å²) in [5.74, 6) is -0.744. The van der Waals surface area contributed by atoms with Crippen molar-refractivity contribution in [2.24, 2.45) is 0 Å². The predicted molar refractivity (Wildman–Crippen MR) is 128 cm³/mol. The minimum absolute atomic E-state index is 0.193. The highest BCUT2D eigenvalue weighted by Crippen LogP contribution is 2.29. The molecule has 1 aliphatic rings. The molecule has 2 aromatic carbocycles. The van der Waals surface area contributed by atoms with Gasteiger partial charge in [0.25, 0.3) is 5.91 Å². The standard InChI is InChI=1S/C26H24FN5O/c1-17(14-28)15-29-23-7-3-5-18-9-10-19(13-20(18)23)22-6-4-8-25(30-22)26(33)31-24-11-12-32(2)16-21(24)27/h3-10,13,29H,1,11-12,15-16H2,2H3,(H,31,33). The second-order valence-electron chi connectivity index (χ2n) is 8.04. The van der Waals surface area contributed by atoms with Crippen molar-refractivity contribution in [3.63, 3.8) is 0 Å².